The second-order valence-corrected chi connectivity index (χ2v) is 7.33. The summed E-state index contributed by atoms with van der Waals surface area (Å²) in [5.74, 6) is -2.18. The number of carboxylic acid groups (broad SMARTS) is 1. The van der Waals surface area contributed by atoms with Crippen LogP contribution in [0.1, 0.15) is 50.0 Å². The van der Waals surface area contributed by atoms with E-state index in [1.165, 1.54) is 10.7 Å². The predicted octanol–water partition coefficient (Wildman–Crippen LogP) is 2.84. The number of fused-ring (bicyclic) bond motifs is 1. The molecular weight excluding hydrogens is 343 g/mol. The summed E-state index contributed by atoms with van der Waals surface area (Å²) < 4.78 is 20.8. The van der Waals surface area contributed by atoms with Crippen LogP contribution in [0.25, 0.3) is 11.0 Å². The van der Waals surface area contributed by atoms with Crippen LogP contribution in [0.5, 0.6) is 0 Å². The molecule has 0 spiro atoms. The van der Waals surface area contributed by atoms with Gasteiger partial charge in [-0.2, -0.15) is 0 Å². The number of nitrogens with zero attached hydrogens (tertiary/aromatic N) is 4. The third-order valence-corrected chi connectivity index (χ3v) is 4.26. The maximum absolute atomic E-state index is 14.0. The molecule has 9 heteroatoms. The van der Waals surface area contributed by atoms with Crippen molar-refractivity contribution in [3.05, 3.63) is 23.5 Å². The number of carbonyl (C=O) groups is 2. The molecule has 0 unspecified atom stereocenters. The highest BCUT2D eigenvalue weighted by Crippen LogP contribution is 2.29. The van der Waals surface area contributed by atoms with Crippen LogP contribution in [0.2, 0.25) is 0 Å². The van der Waals surface area contributed by atoms with Crippen molar-refractivity contribution in [1.82, 2.24) is 19.9 Å². The summed E-state index contributed by atoms with van der Waals surface area (Å²) in [5.41, 5.74) is -0.488. The monoisotopic (exact) mass is 364 g/mol. The number of piperidine rings is 1. The lowest BCUT2D eigenvalue weighted by Gasteiger charge is -2.33. The third kappa shape index (κ3) is 3.47. The molecule has 1 N–H and O–H groups in total. The zero-order valence-corrected chi connectivity index (χ0v) is 14.9. The van der Waals surface area contributed by atoms with E-state index in [4.69, 9.17) is 4.74 Å². The number of benzene rings is 1. The van der Waals surface area contributed by atoms with Gasteiger partial charge < -0.3 is 14.7 Å². The molecule has 3 rings (SSSR count). The van der Waals surface area contributed by atoms with E-state index >= 15 is 0 Å². The average molecular weight is 364 g/mol. The summed E-state index contributed by atoms with van der Waals surface area (Å²) >= 11 is 0. The fraction of sp³-hybridized carbons (Fsp3) is 0.529. The Labute approximate surface area is 149 Å². The van der Waals surface area contributed by atoms with Gasteiger partial charge in [-0.15, -0.1) is 5.10 Å². The quantitative estimate of drug-likeness (QED) is 0.880. The Morgan fingerprint density at radius 3 is 2.50 bits per heavy atom. The van der Waals surface area contributed by atoms with Crippen molar-refractivity contribution in [3.8, 4) is 0 Å². The van der Waals surface area contributed by atoms with Crippen LogP contribution in [0.4, 0.5) is 9.18 Å². The van der Waals surface area contributed by atoms with Crippen molar-refractivity contribution in [2.75, 3.05) is 13.1 Å². The lowest BCUT2D eigenvalue weighted by atomic mass is 10.0. The van der Waals surface area contributed by atoms with Crippen LogP contribution in [0.15, 0.2) is 12.1 Å². The molecule has 0 aliphatic carbocycles. The molecule has 8 nitrogen and oxygen atoms in total. The number of hydrogen-bond donors (Lipinski definition) is 1. The number of halogens is 1. The maximum Gasteiger partial charge on any atom is 0.410 e. The molecule has 2 aromatic rings. The molecule has 1 aliphatic rings. The Hall–Kier alpha value is -2.71. The van der Waals surface area contributed by atoms with Crippen LogP contribution in [-0.4, -0.2) is 55.8 Å². The SMILES string of the molecule is CC(C)(C)OC(=O)N1CCC(n2nnc3ccc(F)c(C(=O)O)c32)CC1. The lowest BCUT2D eigenvalue weighted by Crippen LogP contribution is -2.42. The van der Waals surface area contributed by atoms with Gasteiger partial charge in [-0.25, -0.2) is 18.7 Å². The Morgan fingerprint density at radius 2 is 1.92 bits per heavy atom. The maximum atomic E-state index is 14.0. The topological polar surface area (TPSA) is 97.5 Å². The van der Waals surface area contributed by atoms with Gasteiger partial charge in [0.2, 0.25) is 0 Å². The number of amides is 1. The number of ether oxygens (including phenoxy) is 1. The van der Waals surface area contributed by atoms with Crippen LogP contribution in [-0.2, 0) is 4.74 Å². The summed E-state index contributed by atoms with van der Waals surface area (Å²) in [6.07, 6.45) is 0.720. The summed E-state index contributed by atoms with van der Waals surface area (Å²) in [6, 6.07) is 2.32. The number of carbonyl (C=O) groups excluding carboxylic acids is 1. The first-order chi connectivity index (χ1) is 12.2. The number of aromatic nitrogens is 3. The van der Waals surface area contributed by atoms with Gasteiger partial charge in [-0.1, -0.05) is 5.21 Å². The molecule has 0 saturated carbocycles. The Balaban J connectivity index is 1.81. The van der Waals surface area contributed by atoms with Gasteiger partial charge in [0, 0.05) is 13.1 Å². The first-order valence-corrected chi connectivity index (χ1v) is 8.42. The molecule has 2 heterocycles. The number of likely N-dealkylation sites (tertiary alicyclic amines) is 1. The smallest absolute Gasteiger partial charge is 0.410 e. The molecule has 0 bridgehead atoms. The van der Waals surface area contributed by atoms with Gasteiger partial charge in [-0.05, 0) is 45.7 Å². The minimum absolute atomic E-state index is 0.168. The highest BCUT2D eigenvalue weighted by molar-refractivity contribution is 6.01. The molecule has 1 aliphatic heterocycles. The molecule has 1 aromatic heterocycles. The zero-order valence-electron chi connectivity index (χ0n) is 14.9. The molecule has 26 heavy (non-hydrogen) atoms. The van der Waals surface area contributed by atoms with Crippen molar-refractivity contribution in [2.24, 2.45) is 0 Å². The predicted molar refractivity (Wildman–Crippen MR) is 90.5 cm³/mol. The first-order valence-electron chi connectivity index (χ1n) is 8.42. The minimum Gasteiger partial charge on any atom is -0.478 e. The van der Waals surface area contributed by atoms with E-state index in [1.54, 1.807) is 25.7 Å². The second kappa shape index (κ2) is 6.54. The van der Waals surface area contributed by atoms with Gasteiger partial charge in [0.15, 0.2) is 0 Å². The molecule has 0 radical (unpaired) electrons. The van der Waals surface area contributed by atoms with Gasteiger partial charge >= 0.3 is 12.1 Å². The number of rotatable bonds is 2. The Morgan fingerprint density at radius 1 is 1.27 bits per heavy atom. The largest absolute Gasteiger partial charge is 0.478 e. The van der Waals surface area contributed by atoms with E-state index in [-0.39, 0.29) is 17.7 Å². The van der Waals surface area contributed by atoms with Gasteiger partial charge in [0.1, 0.15) is 28.0 Å². The number of aromatic carboxylic acids is 1. The fourth-order valence-corrected chi connectivity index (χ4v) is 3.09. The minimum atomic E-state index is -1.36. The van der Waals surface area contributed by atoms with Crippen molar-refractivity contribution in [1.29, 1.82) is 0 Å². The van der Waals surface area contributed by atoms with Crippen LogP contribution in [0.3, 0.4) is 0 Å². The number of carboxylic acids is 1. The van der Waals surface area contributed by atoms with Crippen molar-refractivity contribution in [3.63, 3.8) is 0 Å². The fourth-order valence-electron chi connectivity index (χ4n) is 3.09. The van der Waals surface area contributed by atoms with Crippen molar-refractivity contribution in [2.45, 2.75) is 45.3 Å². The Kier molecular flexibility index (Phi) is 4.55. The highest BCUT2D eigenvalue weighted by Gasteiger charge is 2.30. The summed E-state index contributed by atoms with van der Waals surface area (Å²) in [7, 11) is 0. The molecule has 1 amide bonds. The van der Waals surface area contributed by atoms with Gasteiger partial charge in [0.05, 0.1) is 6.04 Å². The molecule has 1 fully saturated rings. The Bertz CT molecular complexity index is 850. The average Bonchev–Trinajstić information content (AvgIpc) is 2.96. The molecule has 0 atom stereocenters. The van der Waals surface area contributed by atoms with E-state index in [2.05, 4.69) is 10.3 Å². The molecule has 1 aromatic carbocycles. The normalized spacial score (nSPS) is 16.1. The summed E-state index contributed by atoms with van der Waals surface area (Å²) in [6.45, 7) is 6.31. The van der Waals surface area contributed by atoms with Gasteiger partial charge in [0.25, 0.3) is 0 Å². The second-order valence-electron chi connectivity index (χ2n) is 7.33. The van der Waals surface area contributed by atoms with Crippen LogP contribution < -0.4 is 0 Å². The van der Waals surface area contributed by atoms with Crippen molar-refractivity contribution >= 4 is 23.1 Å². The van der Waals surface area contributed by atoms with Crippen molar-refractivity contribution < 1.29 is 23.8 Å². The van der Waals surface area contributed by atoms with Crippen LogP contribution in [0, 0.1) is 5.82 Å². The van der Waals surface area contributed by atoms with Gasteiger partial charge in [-0.3, -0.25) is 0 Å². The van der Waals surface area contributed by atoms with Crippen LogP contribution >= 0.6 is 0 Å². The number of hydrogen-bond acceptors (Lipinski definition) is 5. The van der Waals surface area contributed by atoms with E-state index in [9.17, 15) is 19.1 Å². The molecular formula is C17H21FN4O4. The third-order valence-electron chi connectivity index (χ3n) is 4.26. The van der Waals surface area contributed by atoms with E-state index in [1.807, 2.05) is 0 Å². The van der Waals surface area contributed by atoms with E-state index in [0.29, 0.717) is 31.4 Å². The molecule has 140 valence electrons. The lowest BCUT2D eigenvalue weighted by molar-refractivity contribution is 0.0185. The molecule has 1 saturated heterocycles. The summed E-state index contributed by atoms with van der Waals surface area (Å²) in [5, 5.41) is 17.3. The zero-order chi connectivity index (χ0) is 19.1. The summed E-state index contributed by atoms with van der Waals surface area (Å²) in [4.78, 5) is 25.2. The van der Waals surface area contributed by atoms with E-state index in [0.717, 1.165) is 6.07 Å². The highest BCUT2D eigenvalue weighted by atomic mass is 19.1. The first kappa shape index (κ1) is 18.1. The van der Waals surface area contributed by atoms with E-state index < -0.39 is 23.0 Å². The standard InChI is InChI=1S/C17H21FN4O4/c1-17(2,3)26-16(25)21-8-6-10(7-9-21)22-14-12(19-20-22)5-4-11(18)13(14)15(23)24/h4-5,10H,6-9H2,1-3H3,(H,23,24).